The Morgan fingerprint density at radius 1 is 1.38 bits per heavy atom. The largest absolute Gasteiger partial charge is 0.383 e. The van der Waals surface area contributed by atoms with Crippen molar-refractivity contribution in [1.29, 1.82) is 0 Å². The second-order valence-electron chi connectivity index (χ2n) is 6.38. The minimum atomic E-state index is -0.208. The van der Waals surface area contributed by atoms with Crippen LogP contribution >= 0.6 is 0 Å². The van der Waals surface area contributed by atoms with Crippen molar-refractivity contribution >= 4 is 17.5 Å². The Morgan fingerprint density at radius 3 is 2.81 bits per heavy atom. The lowest BCUT2D eigenvalue weighted by Gasteiger charge is -2.31. The van der Waals surface area contributed by atoms with Crippen LogP contribution in [0.15, 0.2) is 24.3 Å². The van der Waals surface area contributed by atoms with Gasteiger partial charge < -0.3 is 15.0 Å². The Labute approximate surface area is 151 Å². The number of piperidine rings is 1. The number of benzene rings is 1. The molecule has 2 aromatic rings. The molecule has 0 bridgehead atoms. The number of amides is 2. The van der Waals surface area contributed by atoms with Gasteiger partial charge in [0.2, 0.25) is 11.8 Å². The first kappa shape index (κ1) is 18.1. The summed E-state index contributed by atoms with van der Waals surface area (Å²) >= 11 is 0. The average molecular weight is 357 g/mol. The average Bonchev–Trinajstić information content (AvgIpc) is 3.08. The molecule has 1 fully saturated rings. The van der Waals surface area contributed by atoms with Gasteiger partial charge in [0.1, 0.15) is 5.82 Å². The van der Waals surface area contributed by atoms with Crippen LogP contribution in [0.2, 0.25) is 0 Å². The maximum absolute atomic E-state index is 12.5. The highest BCUT2D eigenvalue weighted by atomic mass is 16.5. The van der Waals surface area contributed by atoms with Crippen LogP contribution < -0.4 is 5.32 Å². The van der Waals surface area contributed by atoms with Gasteiger partial charge in [-0.25, -0.2) is 4.98 Å². The fraction of sp³-hybridized carbons (Fsp3) is 0.444. The second-order valence-corrected chi connectivity index (χ2v) is 6.38. The minimum absolute atomic E-state index is 0.0681. The van der Waals surface area contributed by atoms with Crippen LogP contribution in [0.4, 0.5) is 5.69 Å². The summed E-state index contributed by atoms with van der Waals surface area (Å²) in [5, 5.41) is 9.86. The summed E-state index contributed by atoms with van der Waals surface area (Å²) in [4.78, 5) is 30.5. The summed E-state index contributed by atoms with van der Waals surface area (Å²) in [7, 11) is 1.60. The lowest BCUT2D eigenvalue weighted by Crippen LogP contribution is -2.45. The Hall–Kier alpha value is -2.74. The maximum Gasteiger partial charge on any atom is 0.229 e. The van der Waals surface area contributed by atoms with Crippen LogP contribution in [0, 0.1) is 12.8 Å². The number of carbonyl (C=O) groups is 2. The zero-order valence-electron chi connectivity index (χ0n) is 15.0. The van der Waals surface area contributed by atoms with E-state index in [-0.39, 0.29) is 17.7 Å². The number of ether oxygens (including phenoxy) is 1. The van der Waals surface area contributed by atoms with Crippen LogP contribution in [-0.2, 0) is 14.3 Å². The molecule has 138 valence electrons. The van der Waals surface area contributed by atoms with Crippen molar-refractivity contribution in [1.82, 2.24) is 20.1 Å². The fourth-order valence-electron chi connectivity index (χ4n) is 2.97. The smallest absolute Gasteiger partial charge is 0.229 e. The molecule has 2 heterocycles. The number of anilines is 1. The lowest BCUT2D eigenvalue weighted by atomic mass is 9.96. The molecule has 1 saturated heterocycles. The van der Waals surface area contributed by atoms with E-state index < -0.39 is 0 Å². The summed E-state index contributed by atoms with van der Waals surface area (Å²) in [6.45, 7) is 3.27. The Balaban J connectivity index is 1.59. The number of aromatic amines is 1. The lowest BCUT2D eigenvalue weighted by molar-refractivity contribution is -0.137. The third kappa shape index (κ3) is 4.26. The van der Waals surface area contributed by atoms with E-state index in [9.17, 15) is 9.59 Å². The van der Waals surface area contributed by atoms with Crippen molar-refractivity contribution in [3.63, 3.8) is 0 Å². The van der Waals surface area contributed by atoms with Gasteiger partial charge in [-0.05, 0) is 37.6 Å². The molecule has 8 nitrogen and oxygen atoms in total. The first-order chi connectivity index (χ1) is 12.6. The van der Waals surface area contributed by atoms with Crippen LogP contribution in [-0.4, -0.2) is 58.7 Å². The van der Waals surface area contributed by atoms with Crippen molar-refractivity contribution in [3.8, 4) is 11.4 Å². The van der Waals surface area contributed by atoms with E-state index >= 15 is 0 Å². The van der Waals surface area contributed by atoms with Gasteiger partial charge in [-0.2, -0.15) is 5.10 Å². The van der Waals surface area contributed by atoms with E-state index in [4.69, 9.17) is 4.74 Å². The number of hydrogen-bond acceptors (Lipinski definition) is 5. The number of aromatic nitrogens is 3. The van der Waals surface area contributed by atoms with E-state index in [1.807, 2.05) is 31.2 Å². The van der Waals surface area contributed by atoms with Gasteiger partial charge in [-0.15, -0.1) is 0 Å². The molecule has 1 atom stereocenters. The van der Waals surface area contributed by atoms with Gasteiger partial charge >= 0.3 is 0 Å². The number of methoxy groups -OCH3 is 1. The van der Waals surface area contributed by atoms with Crippen molar-refractivity contribution in [2.24, 2.45) is 5.92 Å². The van der Waals surface area contributed by atoms with E-state index in [2.05, 4.69) is 20.5 Å². The molecule has 26 heavy (non-hydrogen) atoms. The quantitative estimate of drug-likeness (QED) is 0.818. The number of nitrogens with one attached hydrogen (secondary N) is 2. The molecule has 1 aliphatic heterocycles. The van der Waals surface area contributed by atoms with Gasteiger partial charge in [-0.1, -0.05) is 0 Å². The minimum Gasteiger partial charge on any atom is -0.383 e. The SMILES string of the molecule is COCCN1CC(C(=O)Nc2ccc(-c3n[nH]c(C)n3)cc2)CCC1=O. The molecule has 1 aromatic carbocycles. The summed E-state index contributed by atoms with van der Waals surface area (Å²) in [6, 6.07) is 7.40. The number of aryl methyl sites for hydroxylation is 1. The monoisotopic (exact) mass is 357 g/mol. The van der Waals surface area contributed by atoms with Crippen LogP contribution in [0.5, 0.6) is 0 Å². The standard InChI is InChI=1S/C18H23N5O3/c1-12-19-17(22-21-12)13-3-6-15(7-4-13)20-18(25)14-5-8-16(24)23(11-14)9-10-26-2/h3-4,6-7,14H,5,8-11H2,1-2H3,(H,20,25)(H,19,21,22). The van der Waals surface area contributed by atoms with Crippen molar-refractivity contribution in [2.75, 3.05) is 32.1 Å². The second kappa shape index (κ2) is 8.09. The van der Waals surface area contributed by atoms with Crippen LogP contribution in [0.25, 0.3) is 11.4 Å². The molecular formula is C18H23N5O3. The van der Waals surface area contributed by atoms with Crippen molar-refractivity contribution in [2.45, 2.75) is 19.8 Å². The first-order valence-corrected chi connectivity index (χ1v) is 8.64. The van der Waals surface area contributed by atoms with E-state index in [1.165, 1.54) is 0 Å². The molecule has 3 rings (SSSR count). The van der Waals surface area contributed by atoms with Crippen molar-refractivity contribution in [3.05, 3.63) is 30.1 Å². The van der Waals surface area contributed by atoms with Gasteiger partial charge in [0, 0.05) is 37.9 Å². The number of carbonyl (C=O) groups excluding carboxylic acids is 2. The molecule has 0 aliphatic carbocycles. The number of nitrogens with zero attached hydrogens (tertiary/aromatic N) is 3. The maximum atomic E-state index is 12.5. The summed E-state index contributed by atoms with van der Waals surface area (Å²) in [5.41, 5.74) is 1.59. The molecule has 2 N–H and O–H groups in total. The third-order valence-electron chi connectivity index (χ3n) is 4.44. The molecule has 1 aliphatic rings. The van der Waals surface area contributed by atoms with Gasteiger partial charge in [0.25, 0.3) is 0 Å². The summed E-state index contributed by atoms with van der Waals surface area (Å²) in [6.07, 6.45) is 0.966. The highest BCUT2D eigenvalue weighted by Gasteiger charge is 2.30. The third-order valence-corrected chi connectivity index (χ3v) is 4.44. The highest BCUT2D eigenvalue weighted by molar-refractivity contribution is 5.94. The molecule has 0 spiro atoms. The zero-order valence-corrected chi connectivity index (χ0v) is 15.0. The van der Waals surface area contributed by atoms with E-state index in [0.717, 1.165) is 11.4 Å². The predicted molar refractivity (Wildman–Crippen MR) is 96.4 cm³/mol. The molecule has 0 saturated carbocycles. The van der Waals surface area contributed by atoms with Crippen molar-refractivity contribution < 1.29 is 14.3 Å². The highest BCUT2D eigenvalue weighted by Crippen LogP contribution is 2.21. The van der Waals surface area contributed by atoms with E-state index in [1.54, 1.807) is 12.0 Å². The normalized spacial score (nSPS) is 17.4. The Bertz CT molecular complexity index is 771. The molecule has 1 aromatic heterocycles. The molecular weight excluding hydrogens is 334 g/mol. The molecule has 8 heteroatoms. The topological polar surface area (TPSA) is 100 Å². The zero-order chi connectivity index (χ0) is 18.5. The molecule has 0 radical (unpaired) electrons. The summed E-state index contributed by atoms with van der Waals surface area (Å²) in [5.74, 6) is 1.18. The Morgan fingerprint density at radius 2 is 2.15 bits per heavy atom. The number of likely N-dealkylation sites (tertiary alicyclic amines) is 1. The molecule has 1 unspecified atom stereocenters. The number of rotatable bonds is 6. The fourth-order valence-corrected chi connectivity index (χ4v) is 2.97. The van der Waals surface area contributed by atoms with Crippen LogP contribution in [0.3, 0.4) is 0 Å². The van der Waals surface area contributed by atoms with E-state index in [0.29, 0.717) is 44.0 Å². The van der Waals surface area contributed by atoms with Gasteiger partial charge in [-0.3, -0.25) is 14.7 Å². The first-order valence-electron chi connectivity index (χ1n) is 8.64. The number of hydrogen-bond donors (Lipinski definition) is 2. The Kier molecular flexibility index (Phi) is 5.62. The van der Waals surface area contributed by atoms with Crippen LogP contribution in [0.1, 0.15) is 18.7 Å². The van der Waals surface area contributed by atoms with Gasteiger partial charge in [0.05, 0.1) is 12.5 Å². The number of H-pyrrole nitrogens is 1. The van der Waals surface area contributed by atoms with Gasteiger partial charge in [0.15, 0.2) is 5.82 Å². The summed E-state index contributed by atoms with van der Waals surface area (Å²) < 4.78 is 5.03. The predicted octanol–water partition coefficient (Wildman–Crippen LogP) is 1.60. The molecule has 2 amide bonds.